The molecule has 0 saturated carbocycles. The van der Waals surface area contributed by atoms with Crippen LogP contribution >= 0.6 is 0 Å². The number of ether oxygens (including phenoxy) is 1. The lowest BCUT2D eigenvalue weighted by atomic mass is 9.90. The standard InChI is InChI=1S/C25H28N4O2/c1-19-15-28-24(16-27-19)25(30)29-12-8-21(9-13-29)14-20-2-4-22(5-3-20)17-31-18-23-6-10-26-11-7-23/h2-7,10-11,15-16,21H,8-9,12-14,17-18H2,1H3. The van der Waals surface area contributed by atoms with Crippen LogP contribution < -0.4 is 0 Å². The van der Waals surface area contributed by atoms with Crippen molar-refractivity contribution >= 4 is 5.91 Å². The van der Waals surface area contributed by atoms with Crippen molar-refractivity contribution in [2.45, 2.75) is 39.4 Å². The van der Waals surface area contributed by atoms with E-state index in [1.165, 1.54) is 11.1 Å². The highest BCUT2D eigenvalue weighted by molar-refractivity contribution is 5.92. The van der Waals surface area contributed by atoms with Crippen LogP contribution in [0.5, 0.6) is 0 Å². The molecule has 31 heavy (non-hydrogen) atoms. The summed E-state index contributed by atoms with van der Waals surface area (Å²) in [5, 5.41) is 0. The van der Waals surface area contributed by atoms with E-state index < -0.39 is 0 Å². The number of hydrogen-bond donors (Lipinski definition) is 0. The zero-order chi connectivity index (χ0) is 21.5. The zero-order valence-corrected chi connectivity index (χ0v) is 17.9. The molecule has 3 heterocycles. The highest BCUT2D eigenvalue weighted by Crippen LogP contribution is 2.23. The first-order valence-corrected chi connectivity index (χ1v) is 10.8. The first-order chi connectivity index (χ1) is 15.2. The van der Waals surface area contributed by atoms with E-state index in [4.69, 9.17) is 4.74 Å². The van der Waals surface area contributed by atoms with Crippen molar-refractivity contribution in [2.75, 3.05) is 13.1 Å². The number of carbonyl (C=O) groups excluding carboxylic acids is 1. The molecular formula is C25H28N4O2. The van der Waals surface area contributed by atoms with Crippen LogP contribution in [0.25, 0.3) is 0 Å². The van der Waals surface area contributed by atoms with Crippen LogP contribution in [-0.4, -0.2) is 38.8 Å². The number of pyridine rings is 1. The van der Waals surface area contributed by atoms with Crippen LogP contribution in [-0.2, 0) is 24.4 Å². The number of piperidine rings is 1. The van der Waals surface area contributed by atoms with E-state index in [2.05, 4.69) is 39.2 Å². The van der Waals surface area contributed by atoms with E-state index in [1.807, 2.05) is 24.0 Å². The van der Waals surface area contributed by atoms with E-state index in [-0.39, 0.29) is 5.91 Å². The van der Waals surface area contributed by atoms with Gasteiger partial charge in [-0.1, -0.05) is 24.3 Å². The second-order valence-electron chi connectivity index (χ2n) is 8.15. The molecule has 1 saturated heterocycles. The highest BCUT2D eigenvalue weighted by Gasteiger charge is 2.24. The van der Waals surface area contributed by atoms with Gasteiger partial charge in [0.2, 0.25) is 0 Å². The molecule has 160 valence electrons. The average molecular weight is 417 g/mol. The number of aromatic nitrogens is 3. The van der Waals surface area contributed by atoms with Crippen molar-refractivity contribution in [1.29, 1.82) is 0 Å². The van der Waals surface area contributed by atoms with E-state index in [0.29, 0.717) is 24.8 Å². The second kappa shape index (κ2) is 10.3. The Bertz CT molecular complexity index is 967. The molecule has 0 atom stereocenters. The van der Waals surface area contributed by atoms with Crippen LogP contribution in [0.3, 0.4) is 0 Å². The van der Waals surface area contributed by atoms with Crippen molar-refractivity contribution in [1.82, 2.24) is 19.9 Å². The van der Waals surface area contributed by atoms with E-state index in [0.717, 1.165) is 43.6 Å². The maximum absolute atomic E-state index is 12.6. The molecule has 2 aromatic heterocycles. The van der Waals surface area contributed by atoms with Crippen LogP contribution in [0.1, 0.15) is 45.7 Å². The summed E-state index contributed by atoms with van der Waals surface area (Å²) in [6, 6.07) is 12.6. The lowest BCUT2D eigenvalue weighted by Gasteiger charge is -2.31. The van der Waals surface area contributed by atoms with Crippen molar-refractivity contribution in [3.8, 4) is 0 Å². The minimum absolute atomic E-state index is 0.0120. The van der Waals surface area contributed by atoms with E-state index >= 15 is 0 Å². The first-order valence-electron chi connectivity index (χ1n) is 10.8. The van der Waals surface area contributed by atoms with Crippen LogP contribution in [0, 0.1) is 12.8 Å². The van der Waals surface area contributed by atoms with Crippen LogP contribution in [0.4, 0.5) is 0 Å². The zero-order valence-electron chi connectivity index (χ0n) is 17.9. The van der Waals surface area contributed by atoms with Gasteiger partial charge in [0.15, 0.2) is 0 Å². The normalized spacial score (nSPS) is 14.5. The molecule has 1 aliphatic rings. The fraction of sp³-hybridized carbons (Fsp3) is 0.360. The van der Waals surface area contributed by atoms with E-state index in [9.17, 15) is 4.79 Å². The van der Waals surface area contributed by atoms with Gasteiger partial charge in [0.1, 0.15) is 5.69 Å². The Kier molecular flexibility index (Phi) is 6.99. The van der Waals surface area contributed by atoms with Gasteiger partial charge >= 0.3 is 0 Å². The largest absolute Gasteiger partial charge is 0.372 e. The van der Waals surface area contributed by atoms with Crippen molar-refractivity contribution in [3.05, 3.63) is 89.3 Å². The van der Waals surface area contributed by atoms with Gasteiger partial charge in [-0.05, 0) is 60.9 Å². The Morgan fingerprint density at radius 3 is 2.23 bits per heavy atom. The van der Waals surface area contributed by atoms with Gasteiger partial charge in [0.25, 0.3) is 5.91 Å². The summed E-state index contributed by atoms with van der Waals surface area (Å²) in [4.78, 5) is 26.9. The first kappa shape index (κ1) is 21.1. The van der Waals surface area contributed by atoms with Crippen molar-refractivity contribution < 1.29 is 9.53 Å². The lowest BCUT2D eigenvalue weighted by molar-refractivity contribution is 0.0684. The topological polar surface area (TPSA) is 68.2 Å². The molecular weight excluding hydrogens is 388 g/mol. The van der Waals surface area contributed by atoms with Gasteiger partial charge < -0.3 is 9.64 Å². The third-order valence-electron chi connectivity index (χ3n) is 5.74. The summed E-state index contributed by atoms with van der Waals surface area (Å²) in [7, 11) is 0. The van der Waals surface area contributed by atoms with Crippen molar-refractivity contribution in [3.63, 3.8) is 0 Å². The quantitative estimate of drug-likeness (QED) is 0.583. The van der Waals surface area contributed by atoms with Gasteiger partial charge in [0, 0.05) is 31.7 Å². The molecule has 1 aromatic carbocycles. The number of rotatable bonds is 7. The molecule has 0 radical (unpaired) electrons. The fourth-order valence-corrected chi connectivity index (χ4v) is 3.88. The highest BCUT2D eigenvalue weighted by atomic mass is 16.5. The number of likely N-dealkylation sites (tertiary alicyclic amines) is 1. The Hall–Kier alpha value is -3.12. The molecule has 4 rings (SSSR count). The van der Waals surface area contributed by atoms with Crippen molar-refractivity contribution in [2.24, 2.45) is 5.92 Å². The summed E-state index contributed by atoms with van der Waals surface area (Å²) < 4.78 is 5.80. The number of aryl methyl sites for hydroxylation is 1. The molecule has 1 aliphatic heterocycles. The fourth-order valence-electron chi connectivity index (χ4n) is 3.88. The smallest absolute Gasteiger partial charge is 0.274 e. The van der Waals surface area contributed by atoms with Gasteiger partial charge in [-0.3, -0.25) is 14.8 Å². The third kappa shape index (κ3) is 5.95. The molecule has 0 aliphatic carbocycles. The second-order valence-corrected chi connectivity index (χ2v) is 8.15. The number of benzene rings is 1. The van der Waals surface area contributed by atoms with Gasteiger partial charge in [-0.2, -0.15) is 0 Å². The molecule has 1 amide bonds. The number of nitrogens with zero attached hydrogens (tertiary/aromatic N) is 4. The van der Waals surface area contributed by atoms with Gasteiger partial charge in [-0.15, -0.1) is 0 Å². The van der Waals surface area contributed by atoms with Crippen LogP contribution in [0.2, 0.25) is 0 Å². The summed E-state index contributed by atoms with van der Waals surface area (Å²) in [5.74, 6) is 0.587. The summed E-state index contributed by atoms with van der Waals surface area (Å²) in [5.41, 5.74) is 4.91. The maximum atomic E-state index is 12.6. The molecule has 0 bridgehead atoms. The predicted octanol–water partition coefficient (Wildman–Crippen LogP) is 3.99. The SMILES string of the molecule is Cc1cnc(C(=O)N2CCC(Cc3ccc(COCc4ccncc4)cc3)CC2)cn1. The monoisotopic (exact) mass is 416 g/mol. The Labute approximate surface area is 183 Å². The third-order valence-corrected chi connectivity index (χ3v) is 5.74. The number of hydrogen-bond acceptors (Lipinski definition) is 5. The van der Waals surface area contributed by atoms with E-state index in [1.54, 1.807) is 24.8 Å². The summed E-state index contributed by atoms with van der Waals surface area (Å²) >= 11 is 0. The summed E-state index contributed by atoms with van der Waals surface area (Å²) in [6.07, 6.45) is 9.86. The minimum atomic E-state index is -0.0120. The Balaban J connectivity index is 1.21. The Morgan fingerprint density at radius 1 is 0.935 bits per heavy atom. The number of amides is 1. The van der Waals surface area contributed by atoms with Gasteiger partial charge in [-0.25, -0.2) is 4.98 Å². The molecule has 3 aromatic rings. The predicted molar refractivity (Wildman–Crippen MR) is 118 cm³/mol. The lowest BCUT2D eigenvalue weighted by Crippen LogP contribution is -2.39. The van der Waals surface area contributed by atoms with Gasteiger partial charge in [0.05, 0.1) is 25.1 Å². The number of carbonyl (C=O) groups is 1. The van der Waals surface area contributed by atoms with Crippen LogP contribution in [0.15, 0.2) is 61.2 Å². The molecule has 6 nitrogen and oxygen atoms in total. The minimum Gasteiger partial charge on any atom is -0.372 e. The molecule has 1 fully saturated rings. The Morgan fingerprint density at radius 2 is 1.58 bits per heavy atom. The molecule has 0 N–H and O–H groups in total. The average Bonchev–Trinajstić information content (AvgIpc) is 2.81. The maximum Gasteiger partial charge on any atom is 0.274 e. The molecule has 6 heteroatoms. The molecule has 0 spiro atoms. The summed E-state index contributed by atoms with van der Waals surface area (Å²) in [6.45, 7) is 4.62. The molecule has 0 unspecified atom stereocenters.